The Morgan fingerprint density at radius 1 is 1.11 bits per heavy atom. The lowest BCUT2D eigenvalue weighted by Gasteiger charge is -2.20. The highest BCUT2D eigenvalue weighted by Crippen LogP contribution is 2.31. The molecule has 0 unspecified atom stereocenters. The third-order valence-electron chi connectivity index (χ3n) is 4.54. The van der Waals surface area contributed by atoms with Gasteiger partial charge in [0.1, 0.15) is 24.0 Å². The van der Waals surface area contributed by atoms with Crippen molar-refractivity contribution in [3.05, 3.63) is 69.3 Å². The molecule has 3 rings (SSSR count). The van der Waals surface area contributed by atoms with Crippen LogP contribution < -0.4 is 4.74 Å². The Bertz CT molecular complexity index is 940. The average Bonchev–Trinajstić information content (AvgIpc) is 2.91. The zero-order valence-electron chi connectivity index (χ0n) is 15.5. The van der Waals surface area contributed by atoms with Crippen LogP contribution in [0.1, 0.15) is 46.0 Å². The monoisotopic (exact) mass is 384 g/mol. The predicted octanol–water partition coefficient (Wildman–Crippen LogP) is 2.75. The van der Waals surface area contributed by atoms with E-state index >= 15 is 0 Å². The minimum Gasteiger partial charge on any atom is -0.491 e. The van der Waals surface area contributed by atoms with Crippen LogP contribution in [0.3, 0.4) is 0 Å². The van der Waals surface area contributed by atoms with E-state index in [0.29, 0.717) is 5.75 Å². The van der Waals surface area contributed by atoms with Gasteiger partial charge in [0, 0.05) is 6.07 Å². The number of imide groups is 1. The fraction of sp³-hybridized carbons (Fsp3) is 0.300. The number of carbonyl (C=O) groups excluding carboxylic acids is 2. The number of β-amino-alcohol motifs (C(OH)–C–C–N with tert-alkyl or cyclic N) is 1. The summed E-state index contributed by atoms with van der Waals surface area (Å²) in [6.07, 6.45) is -1.14. The molecule has 0 aromatic heterocycles. The van der Waals surface area contributed by atoms with Gasteiger partial charge in [-0.25, -0.2) is 0 Å². The van der Waals surface area contributed by atoms with Crippen molar-refractivity contribution < 1.29 is 24.4 Å². The van der Waals surface area contributed by atoms with E-state index in [4.69, 9.17) is 4.74 Å². The van der Waals surface area contributed by atoms with Gasteiger partial charge in [0.05, 0.1) is 17.0 Å². The van der Waals surface area contributed by atoms with Crippen molar-refractivity contribution in [2.75, 3.05) is 13.2 Å². The lowest BCUT2D eigenvalue weighted by Crippen LogP contribution is -2.39. The van der Waals surface area contributed by atoms with E-state index in [-0.39, 0.29) is 30.2 Å². The molecule has 146 valence electrons. The standard InChI is InChI=1S/C20H20N2O6/c1-12(2)14-6-3-4-9-17(14)28-11-13(23)10-21-19(24)15-7-5-8-16(22(26)27)18(15)20(21)25/h3-9,12-13,23H,10-11H2,1-2H3/t13-/m0/s1. The van der Waals surface area contributed by atoms with Crippen LogP contribution in [-0.2, 0) is 0 Å². The predicted molar refractivity (Wildman–Crippen MR) is 100 cm³/mol. The SMILES string of the molecule is CC(C)c1ccccc1OC[C@@H](O)CN1C(=O)c2cccc([N+](=O)[O-])c2C1=O. The molecule has 0 saturated heterocycles. The molecule has 0 saturated carbocycles. The lowest BCUT2D eigenvalue weighted by molar-refractivity contribution is -0.385. The number of aliphatic hydroxyl groups is 1. The Labute approximate surface area is 161 Å². The maximum absolute atomic E-state index is 12.5. The Balaban J connectivity index is 1.71. The number of hydrogen-bond donors (Lipinski definition) is 1. The minimum absolute atomic E-state index is 0.0301. The summed E-state index contributed by atoms with van der Waals surface area (Å²) >= 11 is 0. The van der Waals surface area contributed by atoms with Crippen LogP contribution in [0.25, 0.3) is 0 Å². The molecule has 0 radical (unpaired) electrons. The summed E-state index contributed by atoms with van der Waals surface area (Å²) in [5, 5.41) is 21.4. The van der Waals surface area contributed by atoms with Crippen molar-refractivity contribution in [3.8, 4) is 5.75 Å². The zero-order chi connectivity index (χ0) is 20.4. The summed E-state index contributed by atoms with van der Waals surface area (Å²) in [7, 11) is 0. The third kappa shape index (κ3) is 3.59. The van der Waals surface area contributed by atoms with Gasteiger partial charge in [-0.2, -0.15) is 0 Å². The molecule has 1 aliphatic rings. The van der Waals surface area contributed by atoms with Gasteiger partial charge in [0.25, 0.3) is 17.5 Å². The van der Waals surface area contributed by atoms with E-state index in [1.54, 1.807) is 6.07 Å². The van der Waals surface area contributed by atoms with Crippen LogP contribution in [0.5, 0.6) is 5.75 Å². The first-order chi connectivity index (χ1) is 13.3. The van der Waals surface area contributed by atoms with Crippen molar-refractivity contribution in [2.45, 2.75) is 25.9 Å². The van der Waals surface area contributed by atoms with E-state index in [2.05, 4.69) is 0 Å². The number of benzene rings is 2. The van der Waals surface area contributed by atoms with Crippen molar-refractivity contribution >= 4 is 17.5 Å². The summed E-state index contributed by atoms with van der Waals surface area (Å²) in [5.74, 6) is -0.598. The molecule has 0 spiro atoms. The second kappa shape index (κ2) is 7.77. The Hall–Kier alpha value is -3.26. The van der Waals surface area contributed by atoms with Gasteiger partial charge < -0.3 is 9.84 Å². The smallest absolute Gasteiger partial charge is 0.282 e. The highest BCUT2D eigenvalue weighted by atomic mass is 16.6. The molecular weight excluding hydrogens is 364 g/mol. The van der Waals surface area contributed by atoms with Crippen LogP contribution in [0.15, 0.2) is 42.5 Å². The van der Waals surface area contributed by atoms with Crippen molar-refractivity contribution in [1.29, 1.82) is 0 Å². The van der Waals surface area contributed by atoms with Gasteiger partial charge in [-0.05, 0) is 23.6 Å². The maximum Gasteiger partial charge on any atom is 0.282 e. The molecule has 0 bridgehead atoms. The van der Waals surface area contributed by atoms with Crippen molar-refractivity contribution in [3.63, 3.8) is 0 Å². The molecule has 0 aliphatic carbocycles. The van der Waals surface area contributed by atoms with Crippen molar-refractivity contribution in [2.24, 2.45) is 0 Å². The molecule has 1 aliphatic heterocycles. The summed E-state index contributed by atoms with van der Waals surface area (Å²) in [6, 6.07) is 11.3. The molecule has 2 aromatic rings. The largest absolute Gasteiger partial charge is 0.491 e. The van der Waals surface area contributed by atoms with E-state index < -0.39 is 28.5 Å². The number of para-hydroxylation sites is 1. The second-order valence-corrected chi connectivity index (χ2v) is 6.84. The maximum atomic E-state index is 12.5. The molecule has 2 amide bonds. The number of nitro benzene ring substituents is 1. The van der Waals surface area contributed by atoms with E-state index in [0.717, 1.165) is 10.5 Å². The van der Waals surface area contributed by atoms with E-state index in [1.807, 2.05) is 32.0 Å². The normalized spacial score (nSPS) is 14.4. The summed E-state index contributed by atoms with van der Waals surface area (Å²) < 4.78 is 5.67. The zero-order valence-corrected chi connectivity index (χ0v) is 15.5. The number of nitro groups is 1. The molecule has 8 heteroatoms. The number of amides is 2. The second-order valence-electron chi connectivity index (χ2n) is 6.84. The Morgan fingerprint density at radius 3 is 2.50 bits per heavy atom. The molecular formula is C20H20N2O6. The molecule has 8 nitrogen and oxygen atoms in total. The number of aliphatic hydroxyl groups excluding tert-OH is 1. The molecule has 2 aromatic carbocycles. The Morgan fingerprint density at radius 2 is 1.82 bits per heavy atom. The third-order valence-corrected chi connectivity index (χ3v) is 4.54. The number of rotatable bonds is 7. The molecule has 1 atom stereocenters. The van der Waals surface area contributed by atoms with Crippen LogP contribution in [-0.4, -0.2) is 46.0 Å². The summed E-state index contributed by atoms with van der Waals surface area (Å²) in [5.41, 5.74) is 0.286. The van der Waals surface area contributed by atoms with Crippen LogP contribution in [0.4, 0.5) is 5.69 Å². The molecule has 1 heterocycles. The number of hydrogen-bond acceptors (Lipinski definition) is 6. The van der Waals surface area contributed by atoms with Crippen LogP contribution in [0.2, 0.25) is 0 Å². The molecule has 0 fully saturated rings. The van der Waals surface area contributed by atoms with Crippen LogP contribution >= 0.6 is 0 Å². The number of ether oxygens (including phenoxy) is 1. The Kier molecular flexibility index (Phi) is 5.41. The van der Waals surface area contributed by atoms with Crippen LogP contribution in [0, 0.1) is 10.1 Å². The first-order valence-corrected chi connectivity index (χ1v) is 8.84. The fourth-order valence-electron chi connectivity index (χ4n) is 3.17. The average molecular weight is 384 g/mol. The lowest BCUT2D eigenvalue weighted by atomic mass is 10.0. The highest BCUT2D eigenvalue weighted by Gasteiger charge is 2.41. The van der Waals surface area contributed by atoms with Gasteiger partial charge in [-0.15, -0.1) is 0 Å². The highest BCUT2D eigenvalue weighted by molar-refractivity contribution is 6.23. The number of nitrogens with zero attached hydrogens (tertiary/aromatic N) is 2. The molecule has 1 N–H and O–H groups in total. The van der Waals surface area contributed by atoms with Gasteiger partial charge in [-0.3, -0.25) is 24.6 Å². The topological polar surface area (TPSA) is 110 Å². The van der Waals surface area contributed by atoms with Gasteiger partial charge in [0.2, 0.25) is 0 Å². The van der Waals surface area contributed by atoms with E-state index in [1.165, 1.54) is 18.2 Å². The summed E-state index contributed by atoms with van der Waals surface area (Å²) in [4.78, 5) is 36.3. The quantitative estimate of drug-likeness (QED) is 0.446. The minimum atomic E-state index is -1.14. The first kappa shape index (κ1) is 19.5. The molecule has 28 heavy (non-hydrogen) atoms. The number of fused-ring (bicyclic) bond motifs is 1. The van der Waals surface area contributed by atoms with Gasteiger partial charge in [0.15, 0.2) is 0 Å². The van der Waals surface area contributed by atoms with Gasteiger partial charge in [-0.1, -0.05) is 38.1 Å². The number of carbonyl (C=O) groups is 2. The van der Waals surface area contributed by atoms with E-state index in [9.17, 15) is 24.8 Å². The van der Waals surface area contributed by atoms with Gasteiger partial charge >= 0.3 is 0 Å². The first-order valence-electron chi connectivity index (χ1n) is 8.84. The fourth-order valence-corrected chi connectivity index (χ4v) is 3.17. The summed E-state index contributed by atoms with van der Waals surface area (Å²) in [6.45, 7) is 3.60. The van der Waals surface area contributed by atoms with Crippen molar-refractivity contribution in [1.82, 2.24) is 4.90 Å².